The maximum atomic E-state index is 11.8. The van der Waals surface area contributed by atoms with E-state index >= 15 is 0 Å². The first-order valence-electron chi connectivity index (χ1n) is 7.53. The molecule has 20 heavy (non-hydrogen) atoms. The summed E-state index contributed by atoms with van der Waals surface area (Å²) < 4.78 is 25.8. The molecule has 0 aromatic carbocycles. The topological polar surface area (TPSA) is 64.0 Å². The molecule has 3 rings (SSSR count). The van der Waals surface area contributed by atoms with Crippen LogP contribution in [0.1, 0.15) is 56.8 Å². The lowest BCUT2D eigenvalue weighted by molar-refractivity contribution is 0.321. The van der Waals surface area contributed by atoms with Gasteiger partial charge in [-0.2, -0.15) is 0 Å². The van der Waals surface area contributed by atoms with Crippen molar-refractivity contribution in [3.8, 4) is 0 Å². The standard InChI is InChI=1S/C14H23N3O2S/c1-11-4-2-6-13(16-11)14-8-15-10-17(14)12-5-3-7-20(18,19)9-12/h8,10-13,16H,2-7,9H2,1H3. The van der Waals surface area contributed by atoms with E-state index in [4.69, 9.17) is 0 Å². The number of rotatable bonds is 2. The van der Waals surface area contributed by atoms with Gasteiger partial charge in [-0.25, -0.2) is 13.4 Å². The summed E-state index contributed by atoms with van der Waals surface area (Å²) in [6, 6.07) is 0.892. The van der Waals surface area contributed by atoms with Crippen LogP contribution < -0.4 is 5.32 Å². The van der Waals surface area contributed by atoms with Crippen molar-refractivity contribution in [2.45, 2.75) is 57.2 Å². The highest BCUT2D eigenvalue weighted by molar-refractivity contribution is 7.91. The first-order chi connectivity index (χ1) is 9.55. The summed E-state index contributed by atoms with van der Waals surface area (Å²) in [6.07, 6.45) is 8.94. The molecule has 5 nitrogen and oxygen atoms in total. The molecule has 2 aliphatic heterocycles. The van der Waals surface area contributed by atoms with Gasteiger partial charge in [-0.3, -0.25) is 0 Å². The summed E-state index contributed by atoms with van der Waals surface area (Å²) in [5, 5.41) is 3.61. The third-order valence-electron chi connectivity index (χ3n) is 4.50. The normalized spacial score (nSPS) is 34.0. The predicted octanol–water partition coefficient (Wildman–Crippen LogP) is 1.84. The zero-order valence-electron chi connectivity index (χ0n) is 12.0. The molecule has 3 heterocycles. The Labute approximate surface area is 120 Å². The Morgan fingerprint density at radius 3 is 2.90 bits per heavy atom. The average Bonchev–Trinajstić information content (AvgIpc) is 2.86. The molecule has 2 saturated heterocycles. The van der Waals surface area contributed by atoms with Crippen LogP contribution in [-0.4, -0.2) is 35.5 Å². The van der Waals surface area contributed by atoms with Crippen LogP contribution >= 0.6 is 0 Å². The van der Waals surface area contributed by atoms with Crippen LogP contribution in [0.25, 0.3) is 0 Å². The molecule has 2 aliphatic rings. The van der Waals surface area contributed by atoms with Gasteiger partial charge in [0.15, 0.2) is 9.84 Å². The molecule has 6 heteroatoms. The quantitative estimate of drug-likeness (QED) is 0.904. The molecule has 1 aromatic heterocycles. The van der Waals surface area contributed by atoms with E-state index in [9.17, 15) is 8.42 Å². The Hall–Kier alpha value is -0.880. The molecule has 0 spiro atoms. The van der Waals surface area contributed by atoms with E-state index in [0.717, 1.165) is 25.0 Å². The van der Waals surface area contributed by atoms with Crippen LogP contribution in [0.15, 0.2) is 12.5 Å². The van der Waals surface area contributed by atoms with E-state index in [1.807, 2.05) is 12.5 Å². The van der Waals surface area contributed by atoms with Crippen molar-refractivity contribution < 1.29 is 8.42 Å². The van der Waals surface area contributed by atoms with E-state index in [1.165, 1.54) is 12.8 Å². The number of nitrogens with one attached hydrogen (secondary N) is 1. The highest BCUT2D eigenvalue weighted by Gasteiger charge is 2.29. The fourth-order valence-corrected chi connectivity index (χ4v) is 5.17. The first kappa shape index (κ1) is 14.1. The van der Waals surface area contributed by atoms with Crippen molar-refractivity contribution in [2.24, 2.45) is 0 Å². The van der Waals surface area contributed by atoms with Crippen LogP contribution in [-0.2, 0) is 9.84 Å². The molecule has 0 radical (unpaired) electrons. The summed E-state index contributed by atoms with van der Waals surface area (Å²) in [5.74, 6) is 0.602. The largest absolute Gasteiger partial charge is 0.329 e. The van der Waals surface area contributed by atoms with Crippen LogP contribution in [0.2, 0.25) is 0 Å². The lowest BCUT2D eigenvalue weighted by Crippen LogP contribution is -2.37. The average molecular weight is 297 g/mol. The molecule has 2 fully saturated rings. The lowest BCUT2D eigenvalue weighted by Gasteiger charge is -2.32. The molecule has 112 valence electrons. The molecule has 0 aliphatic carbocycles. The molecular weight excluding hydrogens is 274 g/mol. The van der Waals surface area contributed by atoms with Gasteiger partial charge in [-0.05, 0) is 39.0 Å². The number of piperidine rings is 1. The maximum absolute atomic E-state index is 11.8. The number of hydrogen-bond donors (Lipinski definition) is 1. The Kier molecular flexibility index (Phi) is 3.86. The minimum absolute atomic E-state index is 0.0604. The zero-order valence-corrected chi connectivity index (χ0v) is 12.8. The van der Waals surface area contributed by atoms with Crippen molar-refractivity contribution in [3.63, 3.8) is 0 Å². The van der Waals surface area contributed by atoms with Gasteiger partial charge in [0.25, 0.3) is 0 Å². The Morgan fingerprint density at radius 2 is 2.15 bits per heavy atom. The second-order valence-electron chi connectivity index (χ2n) is 6.19. The second-order valence-corrected chi connectivity index (χ2v) is 8.42. The second kappa shape index (κ2) is 5.48. The summed E-state index contributed by atoms with van der Waals surface area (Å²) >= 11 is 0. The smallest absolute Gasteiger partial charge is 0.152 e. The molecule has 0 saturated carbocycles. The van der Waals surface area contributed by atoms with Crippen molar-refractivity contribution in [1.82, 2.24) is 14.9 Å². The molecule has 1 N–H and O–H groups in total. The lowest BCUT2D eigenvalue weighted by atomic mass is 9.97. The van der Waals surface area contributed by atoms with E-state index in [-0.39, 0.29) is 11.8 Å². The molecule has 3 atom stereocenters. The van der Waals surface area contributed by atoms with Gasteiger partial charge in [0.1, 0.15) is 0 Å². The van der Waals surface area contributed by atoms with Crippen LogP contribution in [0, 0.1) is 0 Å². The monoisotopic (exact) mass is 297 g/mol. The van der Waals surface area contributed by atoms with E-state index < -0.39 is 9.84 Å². The minimum atomic E-state index is -2.89. The zero-order chi connectivity index (χ0) is 14.2. The van der Waals surface area contributed by atoms with Crippen LogP contribution in [0.4, 0.5) is 0 Å². The van der Waals surface area contributed by atoms with Gasteiger partial charge >= 0.3 is 0 Å². The van der Waals surface area contributed by atoms with Gasteiger partial charge in [-0.15, -0.1) is 0 Å². The fraction of sp³-hybridized carbons (Fsp3) is 0.786. The van der Waals surface area contributed by atoms with Crippen LogP contribution in [0.5, 0.6) is 0 Å². The van der Waals surface area contributed by atoms with Crippen molar-refractivity contribution in [1.29, 1.82) is 0 Å². The van der Waals surface area contributed by atoms with E-state index in [2.05, 4.69) is 21.8 Å². The Morgan fingerprint density at radius 1 is 1.30 bits per heavy atom. The minimum Gasteiger partial charge on any atom is -0.329 e. The third kappa shape index (κ3) is 2.91. The molecule has 0 amide bonds. The summed E-state index contributed by atoms with van der Waals surface area (Å²) in [5.41, 5.74) is 1.15. The predicted molar refractivity (Wildman–Crippen MR) is 78.3 cm³/mol. The third-order valence-corrected chi connectivity index (χ3v) is 6.30. The van der Waals surface area contributed by atoms with Gasteiger partial charge in [0.05, 0.1) is 23.5 Å². The van der Waals surface area contributed by atoms with Crippen molar-refractivity contribution in [2.75, 3.05) is 11.5 Å². The molecule has 1 aromatic rings. The number of nitrogens with zero attached hydrogens (tertiary/aromatic N) is 2. The summed E-state index contributed by atoms with van der Waals surface area (Å²) in [4.78, 5) is 4.27. The van der Waals surface area contributed by atoms with Gasteiger partial charge in [0.2, 0.25) is 0 Å². The maximum Gasteiger partial charge on any atom is 0.152 e. The highest BCUT2D eigenvalue weighted by Crippen LogP contribution is 2.30. The highest BCUT2D eigenvalue weighted by atomic mass is 32.2. The van der Waals surface area contributed by atoms with Gasteiger partial charge in [-0.1, -0.05) is 0 Å². The number of hydrogen-bond acceptors (Lipinski definition) is 4. The number of aromatic nitrogens is 2. The summed E-state index contributed by atoms with van der Waals surface area (Å²) in [6.45, 7) is 2.21. The fourth-order valence-electron chi connectivity index (χ4n) is 3.48. The molecular formula is C14H23N3O2S. The SMILES string of the molecule is CC1CCCC(c2cncn2C2CCCS(=O)(=O)C2)N1. The Bertz CT molecular complexity index is 567. The number of imidazole rings is 1. The van der Waals surface area contributed by atoms with Crippen molar-refractivity contribution in [3.05, 3.63) is 18.2 Å². The number of sulfone groups is 1. The summed E-state index contributed by atoms with van der Waals surface area (Å²) in [7, 11) is -2.89. The first-order valence-corrected chi connectivity index (χ1v) is 9.35. The van der Waals surface area contributed by atoms with Gasteiger partial charge < -0.3 is 9.88 Å². The molecule has 0 bridgehead atoms. The Balaban J connectivity index is 1.82. The molecule has 3 unspecified atom stereocenters. The van der Waals surface area contributed by atoms with Crippen molar-refractivity contribution >= 4 is 9.84 Å². The van der Waals surface area contributed by atoms with E-state index in [0.29, 0.717) is 17.8 Å². The van der Waals surface area contributed by atoms with E-state index in [1.54, 1.807) is 0 Å². The van der Waals surface area contributed by atoms with Gasteiger partial charge in [0, 0.05) is 24.3 Å². The van der Waals surface area contributed by atoms with Crippen LogP contribution in [0.3, 0.4) is 0 Å².